The number of hydrogen-bond donors (Lipinski definition) is 1. The molecule has 0 amide bonds. The van der Waals surface area contributed by atoms with Crippen LogP contribution in [0.1, 0.15) is 75.2 Å². The predicted octanol–water partition coefficient (Wildman–Crippen LogP) is 7.58. The molecule has 8 heteroatoms. The van der Waals surface area contributed by atoms with Gasteiger partial charge in [-0.05, 0) is 67.2 Å². The van der Waals surface area contributed by atoms with E-state index in [1.165, 1.54) is 0 Å². The molecule has 0 saturated heterocycles. The van der Waals surface area contributed by atoms with Crippen molar-refractivity contribution in [3.05, 3.63) is 0 Å². The van der Waals surface area contributed by atoms with Gasteiger partial charge in [-0.1, -0.05) is 62.3 Å². The van der Waals surface area contributed by atoms with Crippen molar-refractivity contribution in [3.8, 4) is 0 Å². The van der Waals surface area contributed by atoms with Crippen LogP contribution >= 0.6 is 0 Å². The van der Waals surface area contributed by atoms with Crippen molar-refractivity contribution in [1.29, 1.82) is 0 Å². The Morgan fingerprint density at radius 2 is 1.06 bits per heavy atom. The molecule has 0 heterocycles. The third-order valence-corrected chi connectivity index (χ3v) is 22.1. The second-order valence-corrected chi connectivity index (χ2v) is 28.8. The molecular weight excluding hydrogens is 477 g/mol. The fourth-order valence-electron chi connectivity index (χ4n) is 2.87. The van der Waals surface area contributed by atoms with Gasteiger partial charge in [-0.2, -0.15) is 0 Å². The van der Waals surface area contributed by atoms with Gasteiger partial charge in [0.05, 0.1) is 24.9 Å². The van der Waals surface area contributed by atoms with Gasteiger partial charge in [-0.3, -0.25) is 0 Å². The SMILES string of the molecule is CO[C@@H](CCCO)[C@H](O[Si](C)(C)C(C)(C)C)[C@H](CO[Si](C)(C)C(C)(C)C)O[Si](C)(C)C(C)(C)C. The number of methoxy groups -OCH3 is 1. The number of rotatable bonds is 13. The fraction of sp³-hybridized carbons (Fsp3) is 1.00. The highest BCUT2D eigenvalue weighted by molar-refractivity contribution is 6.75. The van der Waals surface area contributed by atoms with Crippen molar-refractivity contribution in [1.82, 2.24) is 0 Å². The third kappa shape index (κ3) is 9.73. The Hall–Kier alpha value is 0.451. The Kier molecular flexibility index (Phi) is 12.5. The van der Waals surface area contributed by atoms with Crippen LogP contribution in [0.15, 0.2) is 0 Å². The van der Waals surface area contributed by atoms with Crippen molar-refractivity contribution in [2.75, 3.05) is 20.3 Å². The maximum Gasteiger partial charge on any atom is 0.192 e. The molecule has 34 heavy (non-hydrogen) atoms. The van der Waals surface area contributed by atoms with Crippen LogP contribution in [0.4, 0.5) is 0 Å². The topological polar surface area (TPSA) is 57.2 Å². The Labute approximate surface area is 216 Å². The molecule has 0 radical (unpaired) electrons. The summed E-state index contributed by atoms with van der Waals surface area (Å²) in [5, 5.41) is 9.79. The minimum atomic E-state index is -2.13. The van der Waals surface area contributed by atoms with E-state index in [9.17, 15) is 5.11 Å². The first-order chi connectivity index (χ1) is 14.9. The van der Waals surface area contributed by atoms with Gasteiger partial charge in [0.15, 0.2) is 25.0 Å². The smallest absolute Gasteiger partial charge is 0.192 e. The highest BCUT2D eigenvalue weighted by Crippen LogP contribution is 2.42. The normalized spacial score (nSPS) is 17.6. The second-order valence-electron chi connectivity index (χ2n) is 14.5. The van der Waals surface area contributed by atoms with Gasteiger partial charge >= 0.3 is 0 Å². The van der Waals surface area contributed by atoms with E-state index in [1.807, 2.05) is 0 Å². The summed E-state index contributed by atoms with van der Waals surface area (Å²) < 4.78 is 27.0. The van der Waals surface area contributed by atoms with Crippen LogP contribution in [0, 0.1) is 0 Å². The van der Waals surface area contributed by atoms with Gasteiger partial charge < -0.3 is 23.1 Å². The number of aliphatic hydroxyl groups is 1. The Bertz CT molecular complexity index is 601. The Morgan fingerprint density at radius 1 is 0.647 bits per heavy atom. The summed E-state index contributed by atoms with van der Waals surface area (Å²) in [7, 11) is -4.49. The van der Waals surface area contributed by atoms with E-state index in [0.717, 1.165) is 6.42 Å². The van der Waals surface area contributed by atoms with E-state index in [2.05, 4.69) is 102 Å². The maximum atomic E-state index is 9.55. The van der Waals surface area contributed by atoms with Gasteiger partial charge in [-0.15, -0.1) is 0 Å². The average molecular weight is 537 g/mol. The number of aliphatic hydroxyl groups excluding tert-OH is 1. The molecule has 5 nitrogen and oxygen atoms in total. The quantitative estimate of drug-likeness (QED) is 0.246. The van der Waals surface area contributed by atoms with Crippen LogP contribution in [0.2, 0.25) is 54.4 Å². The van der Waals surface area contributed by atoms with Crippen LogP contribution in [0.3, 0.4) is 0 Å². The third-order valence-electron chi connectivity index (χ3n) is 8.59. The van der Waals surface area contributed by atoms with E-state index in [4.69, 9.17) is 18.0 Å². The molecule has 0 unspecified atom stereocenters. The molecule has 0 saturated carbocycles. The Morgan fingerprint density at radius 3 is 1.41 bits per heavy atom. The summed E-state index contributed by atoms with van der Waals surface area (Å²) in [5.41, 5.74) is 0. The van der Waals surface area contributed by atoms with Crippen molar-refractivity contribution in [2.24, 2.45) is 0 Å². The van der Waals surface area contributed by atoms with Crippen molar-refractivity contribution >= 4 is 25.0 Å². The summed E-state index contributed by atoms with van der Waals surface area (Å²) in [6, 6.07) is 0. The average Bonchev–Trinajstić information content (AvgIpc) is 2.61. The largest absolute Gasteiger partial charge is 0.414 e. The minimum absolute atomic E-state index is 0.0579. The molecule has 0 spiro atoms. The number of hydrogen-bond acceptors (Lipinski definition) is 5. The van der Waals surface area contributed by atoms with Crippen LogP contribution in [0.25, 0.3) is 0 Å². The van der Waals surface area contributed by atoms with Gasteiger partial charge in [0.2, 0.25) is 0 Å². The molecule has 0 rings (SSSR count). The van der Waals surface area contributed by atoms with Crippen LogP contribution in [0.5, 0.6) is 0 Å². The molecule has 0 aliphatic carbocycles. The van der Waals surface area contributed by atoms with E-state index < -0.39 is 25.0 Å². The maximum absolute atomic E-state index is 9.55. The van der Waals surface area contributed by atoms with Crippen LogP contribution in [-0.2, 0) is 18.0 Å². The van der Waals surface area contributed by atoms with Gasteiger partial charge in [0.1, 0.15) is 0 Å². The highest BCUT2D eigenvalue weighted by atomic mass is 28.4. The zero-order valence-electron chi connectivity index (χ0n) is 25.6. The summed E-state index contributed by atoms with van der Waals surface area (Å²) in [6.07, 6.45) is 0.748. The van der Waals surface area contributed by atoms with Gasteiger partial charge in [0, 0.05) is 13.7 Å². The first-order valence-electron chi connectivity index (χ1n) is 13.1. The Balaban J connectivity index is 6.47. The zero-order chi connectivity index (χ0) is 27.4. The lowest BCUT2D eigenvalue weighted by Gasteiger charge is -2.47. The van der Waals surface area contributed by atoms with E-state index in [-0.39, 0.29) is 40.0 Å². The van der Waals surface area contributed by atoms with Crippen molar-refractivity contribution < 1.29 is 23.1 Å². The molecule has 0 aliphatic rings. The standard InChI is InChI=1S/C26H60O5Si3/c1-24(2,3)32(11,12)29-20-22(30-33(13,14)25(4,5)6)23(21(28-10)18-17-19-27)31-34(15,16)26(7,8)9/h21-23,27H,17-20H2,1-16H3/t21-,22-,23-/m0/s1. The lowest BCUT2D eigenvalue weighted by atomic mass is 10.0. The second kappa shape index (κ2) is 12.3. The summed E-state index contributed by atoms with van der Waals surface area (Å²) >= 11 is 0. The number of ether oxygens (including phenoxy) is 1. The van der Waals surface area contributed by atoms with E-state index >= 15 is 0 Å². The summed E-state index contributed by atoms with van der Waals surface area (Å²) in [6.45, 7) is 34.8. The van der Waals surface area contributed by atoms with Gasteiger partial charge in [-0.25, -0.2) is 0 Å². The van der Waals surface area contributed by atoms with Gasteiger partial charge in [0.25, 0.3) is 0 Å². The molecule has 0 aromatic heterocycles. The highest BCUT2D eigenvalue weighted by Gasteiger charge is 2.48. The van der Waals surface area contributed by atoms with E-state index in [1.54, 1.807) is 7.11 Å². The molecule has 3 atom stereocenters. The molecule has 0 aromatic carbocycles. The minimum Gasteiger partial charge on any atom is -0.414 e. The van der Waals surface area contributed by atoms with Crippen LogP contribution < -0.4 is 0 Å². The predicted molar refractivity (Wildman–Crippen MR) is 154 cm³/mol. The molecular formula is C26H60O5Si3. The van der Waals surface area contributed by atoms with Crippen molar-refractivity contribution in [3.63, 3.8) is 0 Å². The fourth-order valence-corrected chi connectivity index (χ4v) is 6.54. The first-order valence-corrected chi connectivity index (χ1v) is 21.8. The molecule has 0 fully saturated rings. The molecule has 206 valence electrons. The van der Waals surface area contributed by atoms with Crippen molar-refractivity contribution in [2.45, 2.75) is 148 Å². The molecule has 0 aromatic rings. The lowest BCUT2D eigenvalue weighted by molar-refractivity contribution is -0.0794. The van der Waals surface area contributed by atoms with E-state index in [0.29, 0.717) is 13.0 Å². The lowest BCUT2D eigenvalue weighted by Crippen LogP contribution is -2.58. The summed E-state index contributed by atoms with van der Waals surface area (Å²) in [5.74, 6) is 0. The molecule has 1 N–H and O–H groups in total. The zero-order valence-corrected chi connectivity index (χ0v) is 28.6. The monoisotopic (exact) mass is 536 g/mol. The molecule has 0 aliphatic heterocycles. The molecule has 0 bridgehead atoms. The van der Waals surface area contributed by atoms with Crippen LogP contribution in [-0.4, -0.2) is 68.7 Å². The first kappa shape index (κ1) is 34.5. The summed E-state index contributed by atoms with van der Waals surface area (Å²) in [4.78, 5) is 0.